The van der Waals surface area contributed by atoms with Crippen LogP contribution in [-0.2, 0) is 0 Å². The number of rotatable bonds is 5. The monoisotopic (exact) mass is 212 g/mol. The van der Waals surface area contributed by atoms with Crippen LogP contribution in [-0.4, -0.2) is 37.1 Å². The number of hydrogen-bond donors (Lipinski definition) is 1. The van der Waals surface area contributed by atoms with Crippen molar-refractivity contribution in [1.29, 1.82) is 0 Å². The summed E-state index contributed by atoms with van der Waals surface area (Å²) in [5.41, 5.74) is 0. The molecule has 2 heteroatoms. The normalized spacial score (nSPS) is 30.4. The van der Waals surface area contributed by atoms with Gasteiger partial charge in [0.15, 0.2) is 0 Å². The second kappa shape index (κ2) is 6.49. The third-order valence-electron chi connectivity index (χ3n) is 3.85. The van der Waals surface area contributed by atoms with E-state index >= 15 is 0 Å². The van der Waals surface area contributed by atoms with E-state index in [4.69, 9.17) is 0 Å². The number of nitrogens with zero attached hydrogens (tertiary/aromatic N) is 1. The number of hydrogen-bond acceptors (Lipinski definition) is 2. The third kappa shape index (κ3) is 4.52. The van der Waals surface area contributed by atoms with Gasteiger partial charge in [-0.1, -0.05) is 20.8 Å². The molecule has 0 aliphatic carbocycles. The average Bonchev–Trinajstić information content (AvgIpc) is 2.20. The largest absolute Gasteiger partial charge is 0.314 e. The van der Waals surface area contributed by atoms with E-state index < -0.39 is 0 Å². The summed E-state index contributed by atoms with van der Waals surface area (Å²) in [6, 6.07) is 0.671. The first kappa shape index (κ1) is 13.0. The van der Waals surface area contributed by atoms with Crippen molar-refractivity contribution in [2.45, 2.75) is 46.6 Å². The number of piperidine rings is 1. The molecule has 1 rings (SSSR count). The molecule has 1 N–H and O–H groups in total. The van der Waals surface area contributed by atoms with E-state index in [1.807, 2.05) is 0 Å². The molecule has 0 spiro atoms. The minimum atomic E-state index is 0.671. The van der Waals surface area contributed by atoms with Gasteiger partial charge in [0.25, 0.3) is 0 Å². The van der Waals surface area contributed by atoms with Gasteiger partial charge in [-0.2, -0.15) is 0 Å². The molecule has 0 aromatic heterocycles. The highest BCUT2D eigenvalue weighted by Crippen LogP contribution is 2.22. The van der Waals surface area contributed by atoms with Crippen LogP contribution in [0.4, 0.5) is 0 Å². The highest BCUT2D eigenvalue weighted by molar-refractivity contribution is 4.76. The first-order valence-corrected chi connectivity index (χ1v) is 6.59. The van der Waals surface area contributed by atoms with Crippen molar-refractivity contribution in [3.8, 4) is 0 Å². The standard InChI is InChI=1S/C13H28N2/c1-5-14-13(4)7-9-15-8-6-11(2)12(3)10-15/h11-14H,5-10H2,1-4H3. The maximum absolute atomic E-state index is 3.48. The topological polar surface area (TPSA) is 15.3 Å². The fraction of sp³-hybridized carbons (Fsp3) is 1.00. The lowest BCUT2D eigenvalue weighted by Crippen LogP contribution is -2.40. The fourth-order valence-electron chi connectivity index (χ4n) is 2.38. The molecule has 2 nitrogen and oxygen atoms in total. The molecule has 1 aliphatic heterocycles. The zero-order valence-corrected chi connectivity index (χ0v) is 10.9. The Morgan fingerprint density at radius 3 is 2.67 bits per heavy atom. The molecule has 0 bridgehead atoms. The molecule has 0 aromatic carbocycles. The first-order valence-electron chi connectivity index (χ1n) is 6.59. The molecule has 1 heterocycles. The Morgan fingerprint density at radius 2 is 2.07 bits per heavy atom. The van der Waals surface area contributed by atoms with Gasteiger partial charge in [0.1, 0.15) is 0 Å². The highest BCUT2D eigenvalue weighted by atomic mass is 15.1. The molecule has 15 heavy (non-hydrogen) atoms. The summed E-state index contributed by atoms with van der Waals surface area (Å²) in [4.78, 5) is 2.64. The third-order valence-corrected chi connectivity index (χ3v) is 3.85. The summed E-state index contributed by atoms with van der Waals surface area (Å²) in [6.07, 6.45) is 2.67. The Morgan fingerprint density at radius 1 is 1.33 bits per heavy atom. The average molecular weight is 212 g/mol. The Balaban J connectivity index is 2.16. The Kier molecular flexibility index (Phi) is 5.62. The molecule has 1 aliphatic rings. The van der Waals surface area contributed by atoms with E-state index in [-0.39, 0.29) is 0 Å². The zero-order valence-electron chi connectivity index (χ0n) is 10.9. The first-order chi connectivity index (χ1) is 7.13. The predicted molar refractivity (Wildman–Crippen MR) is 67.1 cm³/mol. The van der Waals surface area contributed by atoms with Crippen molar-refractivity contribution in [3.63, 3.8) is 0 Å². The lowest BCUT2D eigenvalue weighted by molar-refractivity contribution is 0.134. The fourth-order valence-corrected chi connectivity index (χ4v) is 2.38. The van der Waals surface area contributed by atoms with E-state index in [1.54, 1.807) is 0 Å². The van der Waals surface area contributed by atoms with E-state index in [1.165, 1.54) is 32.5 Å². The second-order valence-corrected chi connectivity index (χ2v) is 5.29. The number of likely N-dealkylation sites (tertiary alicyclic amines) is 1. The maximum Gasteiger partial charge on any atom is 0.00507 e. The SMILES string of the molecule is CCNC(C)CCN1CCC(C)C(C)C1. The summed E-state index contributed by atoms with van der Waals surface area (Å²) in [5.74, 6) is 1.81. The van der Waals surface area contributed by atoms with Gasteiger partial charge in [-0.15, -0.1) is 0 Å². The van der Waals surface area contributed by atoms with Crippen molar-refractivity contribution in [2.75, 3.05) is 26.2 Å². The van der Waals surface area contributed by atoms with Crippen LogP contribution >= 0.6 is 0 Å². The van der Waals surface area contributed by atoms with Gasteiger partial charge < -0.3 is 10.2 Å². The number of nitrogens with one attached hydrogen (secondary N) is 1. The van der Waals surface area contributed by atoms with E-state index in [9.17, 15) is 0 Å². The van der Waals surface area contributed by atoms with Gasteiger partial charge in [0.2, 0.25) is 0 Å². The summed E-state index contributed by atoms with van der Waals surface area (Å²) in [5, 5.41) is 3.48. The van der Waals surface area contributed by atoms with Crippen LogP contribution in [0, 0.1) is 11.8 Å². The van der Waals surface area contributed by atoms with Crippen LogP contribution in [0.5, 0.6) is 0 Å². The molecule has 3 atom stereocenters. The summed E-state index contributed by atoms with van der Waals surface area (Å²) < 4.78 is 0. The van der Waals surface area contributed by atoms with Gasteiger partial charge >= 0.3 is 0 Å². The minimum absolute atomic E-state index is 0.671. The van der Waals surface area contributed by atoms with Gasteiger partial charge in [-0.05, 0) is 51.2 Å². The Hall–Kier alpha value is -0.0800. The van der Waals surface area contributed by atoms with Crippen molar-refractivity contribution in [1.82, 2.24) is 10.2 Å². The predicted octanol–water partition coefficient (Wildman–Crippen LogP) is 2.35. The lowest BCUT2D eigenvalue weighted by atomic mass is 9.88. The lowest BCUT2D eigenvalue weighted by Gasteiger charge is -2.35. The smallest absolute Gasteiger partial charge is 0.00507 e. The van der Waals surface area contributed by atoms with Gasteiger partial charge in [-0.3, -0.25) is 0 Å². The molecule has 0 saturated carbocycles. The van der Waals surface area contributed by atoms with E-state index in [0.717, 1.165) is 18.4 Å². The highest BCUT2D eigenvalue weighted by Gasteiger charge is 2.22. The molecule has 1 saturated heterocycles. The van der Waals surface area contributed by atoms with Crippen LogP contribution in [0.1, 0.15) is 40.5 Å². The molecule has 1 fully saturated rings. The summed E-state index contributed by atoms with van der Waals surface area (Å²) in [6.45, 7) is 14.2. The van der Waals surface area contributed by atoms with Crippen LogP contribution in [0.2, 0.25) is 0 Å². The molecule has 3 unspecified atom stereocenters. The van der Waals surface area contributed by atoms with Gasteiger partial charge in [0.05, 0.1) is 0 Å². The van der Waals surface area contributed by atoms with Gasteiger partial charge in [0, 0.05) is 12.6 Å². The van der Waals surface area contributed by atoms with E-state index in [0.29, 0.717) is 6.04 Å². The Bertz CT molecular complexity index is 170. The minimum Gasteiger partial charge on any atom is -0.314 e. The van der Waals surface area contributed by atoms with Crippen molar-refractivity contribution in [2.24, 2.45) is 11.8 Å². The zero-order chi connectivity index (χ0) is 11.3. The van der Waals surface area contributed by atoms with Crippen LogP contribution in [0.25, 0.3) is 0 Å². The summed E-state index contributed by atoms with van der Waals surface area (Å²) in [7, 11) is 0. The van der Waals surface area contributed by atoms with Crippen molar-refractivity contribution in [3.05, 3.63) is 0 Å². The molecular formula is C13H28N2. The van der Waals surface area contributed by atoms with Crippen molar-refractivity contribution >= 4 is 0 Å². The summed E-state index contributed by atoms with van der Waals surface area (Å²) >= 11 is 0. The second-order valence-electron chi connectivity index (χ2n) is 5.29. The van der Waals surface area contributed by atoms with Crippen LogP contribution in [0.15, 0.2) is 0 Å². The maximum atomic E-state index is 3.48. The molecule has 0 radical (unpaired) electrons. The van der Waals surface area contributed by atoms with Crippen molar-refractivity contribution < 1.29 is 0 Å². The van der Waals surface area contributed by atoms with Crippen LogP contribution < -0.4 is 5.32 Å². The Labute approximate surface area is 95.4 Å². The van der Waals surface area contributed by atoms with Gasteiger partial charge in [-0.25, -0.2) is 0 Å². The molecular weight excluding hydrogens is 184 g/mol. The molecule has 0 aromatic rings. The quantitative estimate of drug-likeness (QED) is 0.752. The van der Waals surface area contributed by atoms with E-state index in [2.05, 4.69) is 37.9 Å². The molecule has 0 amide bonds. The molecule has 90 valence electrons. The van der Waals surface area contributed by atoms with Crippen LogP contribution in [0.3, 0.4) is 0 Å².